The first kappa shape index (κ1) is 12.7. The van der Waals surface area contributed by atoms with Crippen molar-refractivity contribution in [1.82, 2.24) is 15.1 Å². The number of hydrogen-bond donors (Lipinski definition) is 1. The van der Waals surface area contributed by atoms with Crippen LogP contribution in [0.3, 0.4) is 0 Å². The number of nitrogens with zero attached hydrogens (tertiary/aromatic N) is 2. The van der Waals surface area contributed by atoms with E-state index in [1.165, 1.54) is 6.07 Å². The second-order valence-corrected chi connectivity index (χ2v) is 4.20. The lowest BCUT2D eigenvalue weighted by Gasteiger charge is -2.04. The van der Waals surface area contributed by atoms with Crippen LogP contribution < -0.4 is 5.32 Å². The van der Waals surface area contributed by atoms with E-state index in [-0.39, 0.29) is 0 Å². The highest BCUT2D eigenvalue weighted by Gasteiger charge is 2.14. The Balaban J connectivity index is 2.53. The minimum absolute atomic E-state index is 0.628. The molecule has 1 aromatic carbocycles. The van der Waals surface area contributed by atoms with Crippen molar-refractivity contribution in [1.29, 1.82) is 0 Å². The van der Waals surface area contributed by atoms with Crippen molar-refractivity contribution in [3.05, 3.63) is 41.1 Å². The van der Waals surface area contributed by atoms with Gasteiger partial charge < -0.3 is 5.32 Å². The van der Waals surface area contributed by atoms with Gasteiger partial charge in [-0.2, -0.15) is 5.10 Å². The van der Waals surface area contributed by atoms with Crippen LogP contribution in [0.5, 0.6) is 0 Å². The van der Waals surface area contributed by atoms with Crippen LogP contribution in [-0.2, 0) is 13.6 Å². The van der Waals surface area contributed by atoms with E-state index in [1.807, 2.05) is 14.0 Å². The van der Waals surface area contributed by atoms with Gasteiger partial charge in [0.2, 0.25) is 0 Å². The Morgan fingerprint density at radius 3 is 2.61 bits per heavy atom. The standard InChI is InChI=1S/C13H15F2N3/c1-8-12(7-16-2)17-18(3)13(8)9-4-5-10(14)11(15)6-9/h4-6,16H,7H2,1-3H3. The van der Waals surface area contributed by atoms with Gasteiger partial charge in [0.05, 0.1) is 11.4 Å². The molecule has 0 atom stereocenters. The van der Waals surface area contributed by atoms with Gasteiger partial charge in [0, 0.05) is 19.2 Å². The Hall–Kier alpha value is -1.75. The predicted molar refractivity (Wildman–Crippen MR) is 66.1 cm³/mol. The summed E-state index contributed by atoms with van der Waals surface area (Å²) in [6, 6.07) is 3.89. The highest BCUT2D eigenvalue weighted by Crippen LogP contribution is 2.26. The van der Waals surface area contributed by atoms with E-state index < -0.39 is 11.6 Å². The molecule has 5 heteroatoms. The van der Waals surface area contributed by atoms with Gasteiger partial charge in [-0.05, 0) is 37.7 Å². The summed E-state index contributed by atoms with van der Waals surface area (Å²) in [5.41, 5.74) is 3.31. The van der Waals surface area contributed by atoms with E-state index in [1.54, 1.807) is 17.8 Å². The normalized spacial score (nSPS) is 10.9. The Labute approximate surface area is 104 Å². The summed E-state index contributed by atoms with van der Waals surface area (Å²) in [5, 5.41) is 7.39. The molecule has 0 radical (unpaired) electrons. The van der Waals surface area contributed by atoms with Crippen LogP contribution in [0.1, 0.15) is 11.3 Å². The molecule has 0 aliphatic rings. The van der Waals surface area contributed by atoms with Gasteiger partial charge >= 0.3 is 0 Å². The molecule has 0 spiro atoms. The Morgan fingerprint density at radius 1 is 1.28 bits per heavy atom. The largest absolute Gasteiger partial charge is 0.314 e. The molecule has 18 heavy (non-hydrogen) atoms. The van der Waals surface area contributed by atoms with Crippen molar-refractivity contribution in [2.45, 2.75) is 13.5 Å². The molecule has 3 nitrogen and oxygen atoms in total. The molecule has 0 aliphatic carbocycles. The van der Waals surface area contributed by atoms with Crippen LogP contribution >= 0.6 is 0 Å². The lowest BCUT2D eigenvalue weighted by atomic mass is 10.1. The third-order valence-corrected chi connectivity index (χ3v) is 2.92. The molecule has 1 N–H and O–H groups in total. The molecule has 0 aliphatic heterocycles. The first-order chi connectivity index (χ1) is 8.54. The lowest BCUT2D eigenvalue weighted by molar-refractivity contribution is 0.509. The second kappa shape index (κ2) is 4.86. The monoisotopic (exact) mass is 251 g/mol. The van der Waals surface area contributed by atoms with Crippen LogP contribution in [0.2, 0.25) is 0 Å². The van der Waals surface area contributed by atoms with Crippen molar-refractivity contribution in [2.24, 2.45) is 7.05 Å². The van der Waals surface area contributed by atoms with Gasteiger partial charge in [0.15, 0.2) is 11.6 Å². The summed E-state index contributed by atoms with van der Waals surface area (Å²) in [7, 11) is 3.63. The van der Waals surface area contributed by atoms with E-state index in [2.05, 4.69) is 10.4 Å². The minimum Gasteiger partial charge on any atom is -0.314 e. The summed E-state index contributed by atoms with van der Waals surface area (Å²) < 4.78 is 27.9. The van der Waals surface area contributed by atoms with E-state index in [0.717, 1.165) is 23.0 Å². The van der Waals surface area contributed by atoms with Crippen LogP contribution in [0.15, 0.2) is 18.2 Å². The summed E-state index contributed by atoms with van der Waals surface area (Å²) in [6.45, 7) is 2.57. The summed E-state index contributed by atoms with van der Waals surface area (Å²) in [5.74, 6) is -1.68. The fourth-order valence-electron chi connectivity index (χ4n) is 2.07. The molecular formula is C13H15F2N3. The maximum atomic E-state index is 13.3. The van der Waals surface area contributed by atoms with Gasteiger partial charge in [-0.3, -0.25) is 4.68 Å². The zero-order valence-electron chi connectivity index (χ0n) is 10.6. The molecule has 2 rings (SSSR count). The maximum absolute atomic E-state index is 13.3. The first-order valence-corrected chi connectivity index (χ1v) is 5.67. The fourth-order valence-corrected chi connectivity index (χ4v) is 2.07. The zero-order chi connectivity index (χ0) is 13.3. The smallest absolute Gasteiger partial charge is 0.159 e. The summed E-state index contributed by atoms with van der Waals surface area (Å²) in [4.78, 5) is 0. The number of aromatic nitrogens is 2. The van der Waals surface area contributed by atoms with Crippen molar-refractivity contribution in [2.75, 3.05) is 7.05 Å². The maximum Gasteiger partial charge on any atom is 0.159 e. The summed E-state index contributed by atoms with van der Waals surface area (Å²) in [6.07, 6.45) is 0. The number of hydrogen-bond acceptors (Lipinski definition) is 2. The quantitative estimate of drug-likeness (QED) is 0.907. The topological polar surface area (TPSA) is 29.9 Å². The molecule has 0 bridgehead atoms. The molecule has 0 amide bonds. The van der Waals surface area contributed by atoms with Gasteiger partial charge in [0.25, 0.3) is 0 Å². The zero-order valence-corrected chi connectivity index (χ0v) is 10.6. The third kappa shape index (κ3) is 2.13. The van der Waals surface area contributed by atoms with Gasteiger partial charge in [-0.1, -0.05) is 0 Å². The van der Waals surface area contributed by atoms with Crippen LogP contribution in [-0.4, -0.2) is 16.8 Å². The second-order valence-electron chi connectivity index (χ2n) is 4.20. The van der Waals surface area contributed by atoms with E-state index in [0.29, 0.717) is 12.1 Å². The summed E-state index contributed by atoms with van der Waals surface area (Å²) >= 11 is 0. The Kier molecular flexibility index (Phi) is 3.43. The molecule has 1 aromatic heterocycles. The van der Waals surface area contributed by atoms with Gasteiger partial charge in [-0.25, -0.2) is 8.78 Å². The molecule has 96 valence electrons. The third-order valence-electron chi connectivity index (χ3n) is 2.92. The number of nitrogens with one attached hydrogen (secondary N) is 1. The average Bonchev–Trinajstić information content (AvgIpc) is 2.59. The Morgan fingerprint density at radius 2 is 2.00 bits per heavy atom. The molecular weight excluding hydrogens is 236 g/mol. The minimum atomic E-state index is -0.844. The van der Waals surface area contributed by atoms with E-state index in [9.17, 15) is 8.78 Å². The molecule has 2 aromatic rings. The molecule has 0 unspecified atom stereocenters. The number of halogens is 2. The average molecular weight is 251 g/mol. The van der Waals surface area contributed by atoms with Crippen molar-refractivity contribution >= 4 is 0 Å². The van der Waals surface area contributed by atoms with E-state index in [4.69, 9.17) is 0 Å². The fraction of sp³-hybridized carbons (Fsp3) is 0.308. The Bertz CT molecular complexity index is 576. The van der Waals surface area contributed by atoms with E-state index >= 15 is 0 Å². The van der Waals surface area contributed by atoms with Crippen LogP contribution in [0.25, 0.3) is 11.3 Å². The van der Waals surface area contributed by atoms with Crippen LogP contribution in [0, 0.1) is 18.6 Å². The van der Waals surface area contributed by atoms with Crippen molar-refractivity contribution < 1.29 is 8.78 Å². The highest BCUT2D eigenvalue weighted by molar-refractivity contribution is 5.64. The molecule has 1 heterocycles. The van der Waals surface area contributed by atoms with Gasteiger partial charge in [-0.15, -0.1) is 0 Å². The van der Waals surface area contributed by atoms with Crippen molar-refractivity contribution in [3.63, 3.8) is 0 Å². The highest BCUT2D eigenvalue weighted by atomic mass is 19.2. The number of benzene rings is 1. The number of rotatable bonds is 3. The van der Waals surface area contributed by atoms with Crippen LogP contribution in [0.4, 0.5) is 8.78 Å². The molecule has 0 fully saturated rings. The first-order valence-electron chi connectivity index (χ1n) is 5.67. The predicted octanol–water partition coefficient (Wildman–Crippen LogP) is 2.39. The molecule has 0 saturated carbocycles. The number of aryl methyl sites for hydroxylation is 1. The van der Waals surface area contributed by atoms with Gasteiger partial charge in [0.1, 0.15) is 0 Å². The molecule has 0 saturated heterocycles. The SMILES string of the molecule is CNCc1nn(C)c(-c2ccc(F)c(F)c2)c1C. The lowest BCUT2D eigenvalue weighted by Crippen LogP contribution is -2.06. The van der Waals surface area contributed by atoms with Crippen molar-refractivity contribution in [3.8, 4) is 11.3 Å².